The Morgan fingerprint density at radius 3 is 1.44 bits per heavy atom. The summed E-state index contributed by atoms with van der Waals surface area (Å²) in [5.41, 5.74) is 2.76. The molecule has 32 heavy (non-hydrogen) atoms. The Morgan fingerprint density at radius 2 is 1.03 bits per heavy atom. The molecule has 0 bridgehead atoms. The van der Waals surface area contributed by atoms with Gasteiger partial charge in [0, 0.05) is 11.1 Å². The van der Waals surface area contributed by atoms with Crippen molar-refractivity contribution >= 4 is 45.1 Å². The minimum absolute atomic E-state index is 0.263. The quantitative estimate of drug-likeness (QED) is 0.367. The summed E-state index contributed by atoms with van der Waals surface area (Å²) < 4.78 is 10.2. The Morgan fingerprint density at radius 1 is 0.625 bits per heavy atom. The average molecular weight is 428 g/mol. The van der Waals surface area contributed by atoms with Crippen LogP contribution >= 0.6 is 0 Å². The van der Waals surface area contributed by atoms with Gasteiger partial charge in [-0.2, -0.15) is 0 Å². The third-order valence-electron chi connectivity index (χ3n) is 5.13. The van der Waals surface area contributed by atoms with Crippen LogP contribution < -0.4 is 10.6 Å². The number of nitrogens with one attached hydrogen (secondary N) is 2. The molecular formula is C26H24N2O4. The molecule has 0 aromatic heterocycles. The number of benzene rings is 4. The number of rotatable bonds is 5. The molecule has 0 aliphatic heterocycles. The summed E-state index contributed by atoms with van der Waals surface area (Å²) in [4.78, 5) is 24.6. The van der Waals surface area contributed by atoms with Crippen LogP contribution in [0.3, 0.4) is 0 Å². The lowest BCUT2D eigenvalue weighted by atomic mass is 9.91. The minimum Gasteiger partial charge on any atom is -0.450 e. The molecule has 0 unspecified atom stereocenters. The third kappa shape index (κ3) is 4.21. The Labute approximate surface area is 186 Å². The van der Waals surface area contributed by atoms with E-state index in [1.165, 1.54) is 0 Å². The summed E-state index contributed by atoms with van der Waals surface area (Å²) in [7, 11) is 0. The van der Waals surface area contributed by atoms with E-state index in [9.17, 15) is 9.59 Å². The SMILES string of the molecule is CCOC(=O)Nc1ccc2ccccc2c1-c1c(NC(=O)OCC)ccc2ccccc12. The Hall–Kier alpha value is -4.06. The highest BCUT2D eigenvalue weighted by Crippen LogP contribution is 2.43. The summed E-state index contributed by atoms with van der Waals surface area (Å²) in [6.45, 7) is 4.04. The molecule has 0 saturated heterocycles. The van der Waals surface area contributed by atoms with E-state index in [1.54, 1.807) is 13.8 Å². The van der Waals surface area contributed by atoms with E-state index in [0.717, 1.165) is 32.7 Å². The Bertz CT molecular complexity index is 1200. The first-order valence-electron chi connectivity index (χ1n) is 10.5. The van der Waals surface area contributed by atoms with Crippen molar-refractivity contribution in [2.24, 2.45) is 0 Å². The zero-order chi connectivity index (χ0) is 22.5. The number of hydrogen-bond donors (Lipinski definition) is 2. The number of anilines is 2. The molecule has 4 aromatic carbocycles. The van der Waals surface area contributed by atoms with E-state index >= 15 is 0 Å². The van der Waals surface area contributed by atoms with Crippen molar-refractivity contribution in [3.63, 3.8) is 0 Å². The van der Waals surface area contributed by atoms with Crippen molar-refractivity contribution < 1.29 is 19.1 Å². The van der Waals surface area contributed by atoms with Gasteiger partial charge in [0.25, 0.3) is 0 Å². The van der Waals surface area contributed by atoms with Crippen molar-refractivity contribution in [2.75, 3.05) is 23.8 Å². The van der Waals surface area contributed by atoms with Gasteiger partial charge in [-0.05, 0) is 47.5 Å². The van der Waals surface area contributed by atoms with Crippen molar-refractivity contribution in [2.45, 2.75) is 13.8 Å². The van der Waals surface area contributed by atoms with Gasteiger partial charge in [-0.3, -0.25) is 10.6 Å². The van der Waals surface area contributed by atoms with Gasteiger partial charge in [0.1, 0.15) is 0 Å². The highest BCUT2D eigenvalue weighted by molar-refractivity contribution is 6.16. The van der Waals surface area contributed by atoms with Gasteiger partial charge in [0.15, 0.2) is 0 Å². The number of carbonyl (C=O) groups excluding carboxylic acids is 2. The second-order valence-corrected chi connectivity index (χ2v) is 7.11. The average Bonchev–Trinajstić information content (AvgIpc) is 2.79. The summed E-state index contributed by atoms with van der Waals surface area (Å²) in [6.07, 6.45) is -1.08. The van der Waals surface area contributed by atoms with Gasteiger partial charge in [-0.1, -0.05) is 60.7 Å². The van der Waals surface area contributed by atoms with Crippen LogP contribution in [-0.2, 0) is 9.47 Å². The predicted octanol–water partition coefficient (Wildman–Crippen LogP) is 6.80. The Balaban J connectivity index is 2.03. The van der Waals surface area contributed by atoms with Gasteiger partial charge in [0.2, 0.25) is 0 Å². The molecule has 162 valence electrons. The lowest BCUT2D eigenvalue weighted by Crippen LogP contribution is -2.16. The zero-order valence-corrected chi connectivity index (χ0v) is 18.0. The van der Waals surface area contributed by atoms with Crippen molar-refractivity contribution in [1.82, 2.24) is 0 Å². The molecule has 2 N–H and O–H groups in total. The molecule has 0 aliphatic carbocycles. The van der Waals surface area contributed by atoms with Gasteiger partial charge in [-0.25, -0.2) is 9.59 Å². The standard InChI is InChI=1S/C26H24N2O4/c1-3-31-25(29)27-21-15-13-17-9-5-7-11-19(17)23(21)24-20-12-8-6-10-18(20)14-16-22(24)28-26(30)32-4-2/h5-16H,3-4H2,1-2H3,(H,27,29)(H,28,30). The molecule has 0 saturated carbocycles. The third-order valence-corrected chi connectivity index (χ3v) is 5.13. The maximum Gasteiger partial charge on any atom is 0.411 e. The van der Waals surface area contributed by atoms with Crippen LogP contribution in [0.2, 0.25) is 0 Å². The highest BCUT2D eigenvalue weighted by atomic mass is 16.6. The van der Waals surface area contributed by atoms with E-state index < -0.39 is 12.2 Å². The normalized spacial score (nSPS) is 10.7. The molecular weight excluding hydrogens is 404 g/mol. The van der Waals surface area contributed by atoms with Gasteiger partial charge < -0.3 is 9.47 Å². The van der Waals surface area contributed by atoms with E-state index in [4.69, 9.17) is 9.47 Å². The van der Waals surface area contributed by atoms with E-state index in [2.05, 4.69) is 10.6 Å². The van der Waals surface area contributed by atoms with Crippen LogP contribution in [0.25, 0.3) is 32.7 Å². The number of amides is 2. The van der Waals surface area contributed by atoms with Gasteiger partial charge >= 0.3 is 12.2 Å². The topological polar surface area (TPSA) is 76.7 Å². The largest absolute Gasteiger partial charge is 0.450 e. The van der Waals surface area contributed by atoms with E-state index in [0.29, 0.717) is 11.4 Å². The van der Waals surface area contributed by atoms with Crippen LogP contribution in [0.1, 0.15) is 13.8 Å². The number of carbonyl (C=O) groups is 2. The molecule has 6 nitrogen and oxygen atoms in total. The van der Waals surface area contributed by atoms with Gasteiger partial charge in [0.05, 0.1) is 24.6 Å². The van der Waals surface area contributed by atoms with Gasteiger partial charge in [-0.15, -0.1) is 0 Å². The molecule has 4 aromatic rings. The summed E-state index contributed by atoms with van der Waals surface area (Å²) in [5.74, 6) is 0. The lowest BCUT2D eigenvalue weighted by molar-refractivity contribution is 0.167. The summed E-state index contributed by atoms with van der Waals surface area (Å²) in [5, 5.41) is 9.62. The van der Waals surface area contributed by atoms with Crippen LogP contribution in [0.15, 0.2) is 72.8 Å². The second kappa shape index (κ2) is 9.39. The molecule has 0 fully saturated rings. The van der Waals surface area contributed by atoms with Crippen molar-refractivity contribution in [3.8, 4) is 11.1 Å². The van der Waals surface area contributed by atoms with Crippen LogP contribution in [-0.4, -0.2) is 25.4 Å². The maximum atomic E-state index is 12.3. The predicted molar refractivity (Wildman–Crippen MR) is 128 cm³/mol. The highest BCUT2D eigenvalue weighted by Gasteiger charge is 2.19. The van der Waals surface area contributed by atoms with E-state index in [1.807, 2.05) is 72.8 Å². The Kier molecular flexibility index (Phi) is 6.22. The zero-order valence-electron chi connectivity index (χ0n) is 18.0. The molecule has 6 heteroatoms. The van der Waals surface area contributed by atoms with Crippen LogP contribution in [0.4, 0.5) is 21.0 Å². The second-order valence-electron chi connectivity index (χ2n) is 7.11. The smallest absolute Gasteiger partial charge is 0.411 e. The maximum absolute atomic E-state index is 12.3. The first-order chi connectivity index (χ1) is 15.6. The fraction of sp³-hybridized carbons (Fsp3) is 0.154. The number of fused-ring (bicyclic) bond motifs is 2. The number of ether oxygens (including phenoxy) is 2. The monoisotopic (exact) mass is 428 g/mol. The molecule has 2 amide bonds. The lowest BCUT2D eigenvalue weighted by Gasteiger charge is -2.19. The van der Waals surface area contributed by atoms with Crippen molar-refractivity contribution in [1.29, 1.82) is 0 Å². The fourth-order valence-electron chi connectivity index (χ4n) is 3.84. The molecule has 0 atom stereocenters. The van der Waals surface area contributed by atoms with Crippen LogP contribution in [0.5, 0.6) is 0 Å². The molecule has 0 spiro atoms. The molecule has 0 aliphatic rings. The molecule has 0 radical (unpaired) electrons. The minimum atomic E-state index is -0.538. The molecule has 0 heterocycles. The summed E-state index contributed by atoms with van der Waals surface area (Å²) in [6, 6.07) is 23.4. The number of hydrogen-bond acceptors (Lipinski definition) is 4. The first-order valence-corrected chi connectivity index (χ1v) is 10.5. The molecule has 4 rings (SSSR count). The van der Waals surface area contributed by atoms with Crippen LogP contribution in [0, 0.1) is 0 Å². The fourth-order valence-corrected chi connectivity index (χ4v) is 3.84. The summed E-state index contributed by atoms with van der Waals surface area (Å²) >= 11 is 0. The first kappa shape index (κ1) is 21.2. The van der Waals surface area contributed by atoms with E-state index in [-0.39, 0.29) is 13.2 Å². The van der Waals surface area contributed by atoms with Crippen molar-refractivity contribution in [3.05, 3.63) is 72.8 Å².